The topological polar surface area (TPSA) is 77.0 Å². The lowest BCUT2D eigenvalue weighted by atomic mass is 10.3. The van der Waals surface area contributed by atoms with Gasteiger partial charge in [0.15, 0.2) is 4.99 Å². The molecule has 0 spiro atoms. The smallest absolute Gasteiger partial charge is 0.184 e. The molecule has 68 valence electrons. The molecule has 0 saturated carbocycles. The number of rotatable bonds is 1. The monoisotopic (exact) mass is 194 g/mol. The maximum absolute atomic E-state index is 6.03. The molecule has 0 saturated heterocycles. The number of aromatic nitrogens is 1. The molecule has 2 rings (SSSR count). The van der Waals surface area contributed by atoms with Crippen molar-refractivity contribution < 1.29 is 0 Å². The Hall–Kier alpha value is -1.20. The summed E-state index contributed by atoms with van der Waals surface area (Å²) in [5.41, 5.74) is 12.4. The molecule has 1 unspecified atom stereocenters. The molecule has 0 bridgehead atoms. The van der Waals surface area contributed by atoms with Crippen LogP contribution >= 0.6 is 11.8 Å². The Morgan fingerprint density at radius 1 is 1.46 bits per heavy atom. The van der Waals surface area contributed by atoms with E-state index in [0.717, 1.165) is 5.69 Å². The van der Waals surface area contributed by atoms with Gasteiger partial charge in [-0.3, -0.25) is 10.7 Å². The summed E-state index contributed by atoms with van der Waals surface area (Å²) in [6.45, 7) is 0. The van der Waals surface area contributed by atoms with Gasteiger partial charge in [0.25, 0.3) is 0 Å². The molecule has 0 radical (unpaired) electrons. The standard InChI is InChI=1S/C8H10N4S/c9-7-5-12-8(10,13-7)6-3-1-2-4-11-6/h1-5,12H,9-10H2. The van der Waals surface area contributed by atoms with Crippen molar-refractivity contribution in [3.05, 3.63) is 41.3 Å². The lowest BCUT2D eigenvalue weighted by Gasteiger charge is -2.22. The van der Waals surface area contributed by atoms with E-state index in [4.69, 9.17) is 11.5 Å². The van der Waals surface area contributed by atoms with E-state index >= 15 is 0 Å². The molecular weight excluding hydrogens is 184 g/mol. The molecule has 4 nitrogen and oxygen atoms in total. The van der Waals surface area contributed by atoms with Gasteiger partial charge in [-0.2, -0.15) is 0 Å². The van der Waals surface area contributed by atoms with Crippen molar-refractivity contribution in [1.29, 1.82) is 0 Å². The van der Waals surface area contributed by atoms with Crippen LogP contribution in [0.4, 0.5) is 0 Å². The second kappa shape index (κ2) is 2.93. The average Bonchev–Trinajstić information content (AvgIpc) is 2.49. The molecule has 5 N–H and O–H groups in total. The van der Waals surface area contributed by atoms with Crippen molar-refractivity contribution in [2.45, 2.75) is 4.99 Å². The Balaban J connectivity index is 2.28. The summed E-state index contributed by atoms with van der Waals surface area (Å²) < 4.78 is 0. The quantitative estimate of drug-likeness (QED) is 0.597. The van der Waals surface area contributed by atoms with Crippen LogP contribution in [0, 0.1) is 0 Å². The summed E-state index contributed by atoms with van der Waals surface area (Å²) in [5, 5.41) is 3.66. The van der Waals surface area contributed by atoms with Crippen LogP contribution in [-0.2, 0) is 4.99 Å². The predicted molar refractivity (Wildman–Crippen MR) is 53.1 cm³/mol. The summed E-state index contributed by atoms with van der Waals surface area (Å²) >= 11 is 1.36. The molecule has 1 aliphatic rings. The Morgan fingerprint density at radius 3 is 2.85 bits per heavy atom. The minimum Gasteiger partial charge on any atom is -0.392 e. The lowest BCUT2D eigenvalue weighted by molar-refractivity contribution is 0.580. The predicted octanol–water partition coefficient (Wildman–Crippen LogP) is 0.245. The van der Waals surface area contributed by atoms with Crippen LogP contribution in [0.3, 0.4) is 0 Å². The maximum atomic E-state index is 6.03. The molecule has 1 aromatic rings. The van der Waals surface area contributed by atoms with E-state index in [1.165, 1.54) is 11.8 Å². The van der Waals surface area contributed by atoms with Gasteiger partial charge < -0.3 is 11.1 Å². The number of hydrogen-bond donors (Lipinski definition) is 3. The summed E-state index contributed by atoms with van der Waals surface area (Å²) in [5.74, 6) is 0. The van der Waals surface area contributed by atoms with Gasteiger partial charge in [0.2, 0.25) is 0 Å². The molecule has 0 amide bonds. The van der Waals surface area contributed by atoms with Gasteiger partial charge in [0.05, 0.1) is 10.7 Å². The van der Waals surface area contributed by atoms with Crippen molar-refractivity contribution in [2.75, 3.05) is 0 Å². The van der Waals surface area contributed by atoms with Gasteiger partial charge in [-0.25, -0.2) is 0 Å². The highest BCUT2D eigenvalue weighted by Crippen LogP contribution is 2.34. The Labute approximate surface area is 80.4 Å². The number of hydrogen-bond acceptors (Lipinski definition) is 5. The van der Waals surface area contributed by atoms with Gasteiger partial charge in [-0.05, 0) is 12.1 Å². The third-order valence-corrected chi connectivity index (χ3v) is 2.76. The van der Waals surface area contributed by atoms with Crippen molar-refractivity contribution >= 4 is 11.8 Å². The maximum Gasteiger partial charge on any atom is 0.184 e. The molecule has 0 aromatic carbocycles. The number of nitrogens with one attached hydrogen (secondary N) is 1. The highest BCUT2D eigenvalue weighted by atomic mass is 32.2. The van der Waals surface area contributed by atoms with Crippen LogP contribution in [0.2, 0.25) is 0 Å². The molecule has 5 heteroatoms. The van der Waals surface area contributed by atoms with Gasteiger partial charge in [-0.1, -0.05) is 17.8 Å². The van der Waals surface area contributed by atoms with Gasteiger partial charge >= 0.3 is 0 Å². The second-order valence-corrected chi connectivity index (χ2v) is 4.06. The zero-order valence-corrected chi connectivity index (χ0v) is 7.71. The number of pyridine rings is 1. The van der Waals surface area contributed by atoms with Crippen molar-refractivity contribution in [2.24, 2.45) is 11.5 Å². The Morgan fingerprint density at radius 2 is 2.31 bits per heavy atom. The van der Waals surface area contributed by atoms with Gasteiger partial charge in [0, 0.05) is 12.4 Å². The first-order valence-corrected chi connectivity index (χ1v) is 4.65. The zero-order valence-electron chi connectivity index (χ0n) is 6.90. The molecule has 13 heavy (non-hydrogen) atoms. The highest BCUT2D eigenvalue weighted by Gasteiger charge is 2.33. The van der Waals surface area contributed by atoms with Crippen LogP contribution in [0.25, 0.3) is 0 Å². The molecular formula is C8H10N4S. The fraction of sp³-hybridized carbons (Fsp3) is 0.125. The lowest BCUT2D eigenvalue weighted by Crippen LogP contribution is -2.42. The fourth-order valence-corrected chi connectivity index (χ4v) is 1.96. The molecule has 1 atom stereocenters. The first kappa shape index (κ1) is 8.40. The third-order valence-electron chi connectivity index (χ3n) is 1.75. The summed E-state index contributed by atoms with van der Waals surface area (Å²) in [4.78, 5) is 3.47. The molecule has 2 heterocycles. The van der Waals surface area contributed by atoms with Crippen molar-refractivity contribution in [1.82, 2.24) is 10.3 Å². The third kappa shape index (κ3) is 1.48. The van der Waals surface area contributed by atoms with E-state index in [9.17, 15) is 0 Å². The summed E-state index contributed by atoms with van der Waals surface area (Å²) in [6.07, 6.45) is 3.40. The molecule has 0 aliphatic carbocycles. The van der Waals surface area contributed by atoms with Crippen molar-refractivity contribution in [3.8, 4) is 0 Å². The second-order valence-electron chi connectivity index (χ2n) is 2.74. The molecule has 1 aliphatic heterocycles. The first-order valence-electron chi connectivity index (χ1n) is 3.83. The van der Waals surface area contributed by atoms with E-state index in [-0.39, 0.29) is 0 Å². The Kier molecular flexibility index (Phi) is 1.90. The van der Waals surface area contributed by atoms with E-state index in [1.54, 1.807) is 12.4 Å². The summed E-state index contributed by atoms with van der Waals surface area (Å²) in [7, 11) is 0. The number of thioether (sulfide) groups is 1. The average molecular weight is 194 g/mol. The van der Waals surface area contributed by atoms with E-state index in [2.05, 4.69) is 10.3 Å². The van der Waals surface area contributed by atoms with E-state index in [0.29, 0.717) is 5.03 Å². The number of nitrogens with two attached hydrogens (primary N) is 2. The van der Waals surface area contributed by atoms with E-state index < -0.39 is 4.99 Å². The number of nitrogens with zero attached hydrogens (tertiary/aromatic N) is 1. The summed E-state index contributed by atoms with van der Waals surface area (Å²) in [6, 6.07) is 5.61. The van der Waals surface area contributed by atoms with Crippen LogP contribution in [-0.4, -0.2) is 4.98 Å². The minimum atomic E-state index is -0.703. The van der Waals surface area contributed by atoms with E-state index in [1.807, 2.05) is 18.2 Å². The van der Waals surface area contributed by atoms with Crippen molar-refractivity contribution in [3.63, 3.8) is 0 Å². The zero-order chi connectivity index (χ0) is 9.31. The minimum absolute atomic E-state index is 0.674. The fourth-order valence-electron chi connectivity index (χ4n) is 1.13. The molecule has 1 aromatic heterocycles. The largest absolute Gasteiger partial charge is 0.392 e. The van der Waals surface area contributed by atoms with Gasteiger partial charge in [0.1, 0.15) is 0 Å². The van der Waals surface area contributed by atoms with Crippen LogP contribution < -0.4 is 16.8 Å². The van der Waals surface area contributed by atoms with Crippen LogP contribution in [0.5, 0.6) is 0 Å². The van der Waals surface area contributed by atoms with Crippen LogP contribution in [0.1, 0.15) is 5.69 Å². The molecule has 0 fully saturated rings. The first-order chi connectivity index (χ1) is 6.21. The highest BCUT2D eigenvalue weighted by molar-refractivity contribution is 8.04. The van der Waals surface area contributed by atoms with Crippen LogP contribution in [0.15, 0.2) is 35.6 Å². The van der Waals surface area contributed by atoms with Gasteiger partial charge in [-0.15, -0.1) is 0 Å². The SMILES string of the molecule is NC1=CNC(N)(c2ccccn2)S1. The normalized spacial score (nSPS) is 26.7. The Bertz CT molecular complexity index is 337.